The number of benzene rings is 2. The van der Waals surface area contributed by atoms with Crippen LogP contribution in [-0.4, -0.2) is 48.4 Å². The Morgan fingerprint density at radius 3 is 2.46 bits per heavy atom. The maximum atomic E-state index is 12.4. The molecule has 136 valence electrons. The number of hydrogen-bond acceptors (Lipinski definition) is 6. The van der Waals surface area contributed by atoms with Crippen LogP contribution in [0.3, 0.4) is 0 Å². The minimum absolute atomic E-state index is 0.246. The van der Waals surface area contributed by atoms with Crippen LogP contribution in [0.5, 0.6) is 0 Å². The zero-order chi connectivity index (χ0) is 17.9. The zero-order valence-electron chi connectivity index (χ0n) is 14.1. The van der Waals surface area contributed by atoms with Crippen molar-refractivity contribution in [2.24, 2.45) is 0 Å². The topological polar surface area (TPSA) is 74.2 Å². The SMILES string of the molecule is O=C(O[C@H]1[C@H]2OC[C@H](O2)[C@@H](O)[C@@H]1OCc1ccccc1)c1ccccc1. The number of aliphatic hydroxyl groups is 1. The monoisotopic (exact) mass is 356 g/mol. The Bertz CT molecular complexity index is 734. The van der Waals surface area contributed by atoms with Crippen molar-refractivity contribution in [1.29, 1.82) is 0 Å². The standard InChI is InChI=1S/C20H20O6/c21-16-15-12-24-20(25-15)18(26-19(22)14-9-5-2-6-10-14)17(16)23-11-13-7-3-1-4-8-13/h1-10,15-18,20-21H,11-12H2/t15-,16+,17-,18+,20-/m0/s1. The fourth-order valence-electron chi connectivity index (χ4n) is 3.20. The van der Waals surface area contributed by atoms with Gasteiger partial charge in [0.05, 0.1) is 18.8 Å². The van der Waals surface area contributed by atoms with Crippen molar-refractivity contribution in [1.82, 2.24) is 0 Å². The van der Waals surface area contributed by atoms with E-state index < -0.39 is 36.7 Å². The van der Waals surface area contributed by atoms with Gasteiger partial charge in [0.15, 0.2) is 12.4 Å². The lowest BCUT2D eigenvalue weighted by Crippen LogP contribution is -2.56. The molecule has 0 saturated carbocycles. The molecule has 2 aliphatic rings. The van der Waals surface area contributed by atoms with Gasteiger partial charge in [-0.1, -0.05) is 48.5 Å². The summed E-state index contributed by atoms with van der Waals surface area (Å²) in [4.78, 5) is 12.4. The Labute approximate surface area is 151 Å². The summed E-state index contributed by atoms with van der Waals surface area (Å²) in [6.07, 6.45) is -3.73. The van der Waals surface area contributed by atoms with Crippen LogP contribution in [0, 0.1) is 0 Å². The zero-order valence-corrected chi connectivity index (χ0v) is 14.1. The molecule has 0 aromatic heterocycles. The average Bonchev–Trinajstić information content (AvgIpc) is 3.14. The molecule has 4 rings (SSSR count). The first kappa shape index (κ1) is 17.2. The second-order valence-corrected chi connectivity index (χ2v) is 6.36. The Morgan fingerprint density at radius 2 is 1.73 bits per heavy atom. The molecule has 2 aliphatic heterocycles. The molecular formula is C20H20O6. The van der Waals surface area contributed by atoms with Crippen LogP contribution in [-0.2, 0) is 25.6 Å². The van der Waals surface area contributed by atoms with Gasteiger partial charge in [0.2, 0.25) is 0 Å². The van der Waals surface area contributed by atoms with E-state index in [9.17, 15) is 9.90 Å². The maximum absolute atomic E-state index is 12.4. The predicted octanol–water partition coefficient (Wildman–Crippen LogP) is 1.91. The highest BCUT2D eigenvalue weighted by atomic mass is 16.8. The number of rotatable bonds is 5. The van der Waals surface area contributed by atoms with Crippen LogP contribution in [0.25, 0.3) is 0 Å². The van der Waals surface area contributed by atoms with Crippen LogP contribution in [0.4, 0.5) is 0 Å². The number of esters is 1. The van der Waals surface area contributed by atoms with Crippen LogP contribution >= 0.6 is 0 Å². The molecular weight excluding hydrogens is 336 g/mol. The minimum Gasteiger partial charge on any atom is -0.450 e. The predicted molar refractivity (Wildman–Crippen MR) is 91.3 cm³/mol. The summed E-state index contributed by atoms with van der Waals surface area (Å²) < 4.78 is 22.7. The van der Waals surface area contributed by atoms with Gasteiger partial charge in [-0.3, -0.25) is 0 Å². The van der Waals surface area contributed by atoms with E-state index in [0.29, 0.717) is 12.2 Å². The van der Waals surface area contributed by atoms with Crippen LogP contribution in [0.1, 0.15) is 15.9 Å². The smallest absolute Gasteiger partial charge is 0.338 e. The Kier molecular flexibility index (Phi) is 4.99. The molecule has 2 saturated heterocycles. The van der Waals surface area contributed by atoms with E-state index in [1.54, 1.807) is 24.3 Å². The lowest BCUT2D eigenvalue weighted by atomic mass is 10.0. The summed E-state index contributed by atoms with van der Waals surface area (Å²) in [5, 5.41) is 10.6. The summed E-state index contributed by atoms with van der Waals surface area (Å²) in [6, 6.07) is 18.3. The molecule has 6 nitrogen and oxygen atoms in total. The number of carbonyl (C=O) groups excluding carboxylic acids is 1. The Balaban J connectivity index is 1.50. The molecule has 0 aliphatic carbocycles. The highest BCUT2D eigenvalue weighted by Gasteiger charge is 2.52. The highest BCUT2D eigenvalue weighted by molar-refractivity contribution is 5.89. The van der Waals surface area contributed by atoms with Crippen molar-refractivity contribution in [2.45, 2.75) is 37.3 Å². The number of carbonyl (C=O) groups is 1. The first-order chi connectivity index (χ1) is 12.7. The first-order valence-electron chi connectivity index (χ1n) is 8.59. The lowest BCUT2D eigenvalue weighted by molar-refractivity contribution is -0.242. The van der Waals surface area contributed by atoms with Gasteiger partial charge < -0.3 is 24.1 Å². The van der Waals surface area contributed by atoms with E-state index in [1.807, 2.05) is 36.4 Å². The molecule has 5 atom stereocenters. The van der Waals surface area contributed by atoms with E-state index in [4.69, 9.17) is 18.9 Å². The van der Waals surface area contributed by atoms with Crippen LogP contribution in [0.15, 0.2) is 60.7 Å². The third-order valence-electron chi connectivity index (χ3n) is 4.58. The van der Waals surface area contributed by atoms with E-state index in [-0.39, 0.29) is 6.61 Å². The Morgan fingerprint density at radius 1 is 1.04 bits per heavy atom. The van der Waals surface area contributed by atoms with E-state index >= 15 is 0 Å². The van der Waals surface area contributed by atoms with Gasteiger partial charge in [0.25, 0.3) is 0 Å². The number of ether oxygens (including phenoxy) is 4. The molecule has 2 aromatic rings. The molecule has 0 radical (unpaired) electrons. The summed E-state index contributed by atoms with van der Waals surface area (Å²) in [7, 11) is 0. The Hall–Kier alpha value is -2.25. The molecule has 2 heterocycles. The van der Waals surface area contributed by atoms with E-state index in [0.717, 1.165) is 5.56 Å². The molecule has 1 N–H and O–H groups in total. The van der Waals surface area contributed by atoms with Crippen molar-refractivity contribution < 1.29 is 28.8 Å². The van der Waals surface area contributed by atoms with Crippen molar-refractivity contribution in [3.05, 3.63) is 71.8 Å². The molecule has 2 bridgehead atoms. The maximum Gasteiger partial charge on any atom is 0.338 e. The van der Waals surface area contributed by atoms with E-state index in [1.165, 1.54) is 0 Å². The minimum atomic E-state index is -0.939. The molecule has 0 amide bonds. The van der Waals surface area contributed by atoms with Gasteiger partial charge in [-0.05, 0) is 17.7 Å². The molecule has 0 spiro atoms. The number of hydrogen-bond donors (Lipinski definition) is 1. The third kappa shape index (κ3) is 3.50. The van der Waals surface area contributed by atoms with E-state index in [2.05, 4.69) is 0 Å². The quantitative estimate of drug-likeness (QED) is 0.825. The molecule has 6 heteroatoms. The van der Waals surface area contributed by atoms with Crippen molar-refractivity contribution >= 4 is 5.97 Å². The molecule has 0 unspecified atom stereocenters. The van der Waals surface area contributed by atoms with Crippen molar-refractivity contribution in [3.8, 4) is 0 Å². The third-order valence-corrected chi connectivity index (χ3v) is 4.58. The molecule has 2 fully saturated rings. The lowest BCUT2D eigenvalue weighted by Gasteiger charge is -2.37. The average molecular weight is 356 g/mol. The number of fused-ring (bicyclic) bond motifs is 2. The van der Waals surface area contributed by atoms with Gasteiger partial charge in [0.1, 0.15) is 18.3 Å². The van der Waals surface area contributed by atoms with Gasteiger partial charge in [-0.25, -0.2) is 4.79 Å². The van der Waals surface area contributed by atoms with Gasteiger partial charge in [0, 0.05) is 0 Å². The second kappa shape index (κ2) is 7.55. The summed E-state index contributed by atoms with van der Waals surface area (Å²) in [5.41, 5.74) is 1.39. The van der Waals surface area contributed by atoms with Gasteiger partial charge in [-0.2, -0.15) is 0 Å². The van der Waals surface area contributed by atoms with Crippen LogP contribution in [0.2, 0.25) is 0 Å². The van der Waals surface area contributed by atoms with Crippen LogP contribution < -0.4 is 0 Å². The fourth-order valence-corrected chi connectivity index (χ4v) is 3.20. The van der Waals surface area contributed by atoms with Gasteiger partial charge >= 0.3 is 5.97 Å². The van der Waals surface area contributed by atoms with Crippen molar-refractivity contribution in [3.63, 3.8) is 0 Å². The second-order valence-electron chi connectivity index (χ2n) is 6.36. The largest absolute Gasteiger partial charge is 0.450 e. The highest BCUT2D eigenvalue weighted by Crippen LogP contribution is 2.32. The van der Waals surface area contributed by atoms with Gasteiger partial charge in [-0.15, -0.1) is 0 Å². The summed E-state index contributed by atoms with van der Waals surface area (Å²) in [6.45, 7) is 0.539. The normalized spacial score (nSPS) is 30.1. The summed E-state index contributed by atoms with van der Waals surface area (Å²) in [5.74, 6) is -0.506. The first-order valence-corrected chi connectivity index (χ1v) is 8.59. The molecule has 26 heavy (non-hydrogen) atoms. The number of aliphatic hydroxyl groups excluding tert-OH is 1. The molecule has 2 aromatic carbocycles. The van der Waals surface area contributed by atoms with Crippen molar-refractivity contribution in [2.75, 3.05) is 6.61 Å². The summed E-state index contributed by atoms with van der Waals surface area (Å²) >= 11 is 0. The fraction of sp³-hybridized carbons (Fsp3) is 0.350.